The fourth-order valence-electron chi connectivity index (χ4n) is 5.09. The summed E-state index contributed by atoms with van der Waals surface area (Å²) in [6.45, 7) is 1.33. The Balaban J connectivity index is 1.11. The van der Waals surface area contributed by atoms with E-state index in [4.69, 9.17) is 28.8 Å². The fraction of sp³-hybridized carbons (Fsp3) is 0.469. The van der Waals surface area contributed by atoms with Crippen LogP contribution in [0.1, 0.15) is 52.9 Å². The Hall–Kier alpha value is -3.73. The Bertz CT molecular complexity index is 1660. The number of ketones is 1. The van der Waals surface area contributed by atoms with E-state index in [2.05, 4.69) is 4.98 Å². The number of methoxy groups -OCH3 is 2. The number of Topliss-reactive ketones (excluding diaryl/α,β-unsaturated/α-hetero) is 1. The van der Waals surface area contributed by atoms with Gasteiger partial charge in [0, 0.05) is 49.2 Å². The first-order valence-corrected chi connectivity index (χ1v) is 18.5. The number of aliphatic carboxylic acids is 1. The molecule has 0 spiro atoms. The van der Waals surface area contributed by atoms with Crippen LogP contribution in [0.4, 0.5) is 0 Å². The van der Waals surface area contributed by atoms with Gasteiger partial charge < -0.3 is 38.8 Å². The standard InChI is InChI=1S/C32H36N2O11S3/c1-41-23-11-19-14-34(28(37)5-6-29(38)39)15-20(19)12-24(23)43-8-3-9-44-31-25(42-2)10-18-13-27(48-32(18)33-31)21(35)4-7-30(40)45-26-17-47-46-16-22(26)36/h10-13,22,26,36H,3-9,14-17H2,1-2H3,(H,38,39)/t22-,26-/m0/s1. The Kier molecular flexibility index (Phi) is 12.3. The first-order valence-electron chi connectivity index (χ1n) is 15.2. The minimum absolute atomic E-state index is 0.0188. The number of fused-ring (bicyclic) bond motifs is 2. The second-order valence-corrected chi connectivity index (χ2v) is 14.6. The molecule has 2 aliphatic heterocycles. The molecule has 4 heterocycles. The van der Waals surface area contributed by atoms with Gasteiger partial charge in [-0.1, -0.05) is 21.6 Å². The van der Waals surface area contributed by atoms with Gasteiger partial charge in [-0.25, -0.2) is 0 Å². The molecular formula is C32H36N2O11S3. The maximum absolute atomic E-state index is 12.9. The van der Waals surface area contributed by atoms with Crippen LogP contribution < -0.4 is 18.9 Å². The molecule has 0 radical (unpaired) electrons. The molecule has 2 atom stereocenters. The average Bonchev–Trinajstić information content (AvgIpc) is 3.69. The van der Waals surface area contributed by atoms with E-state index in [0.29, 0.717) is 70.0 Å². The first kappa shape index (κ1) is 35.6. The lowest BCUT2D eigenvalue weighted by Crippen LogP contribution is -2.37. The summed E-state index contributed by atoms with van der Waals surface area (Å²) < 4.78 is 28.3. The van der Waals surface area contributed by atoms with Crippen molar-refractivity contribution in [1.29, 1.82) is 0 Å². The number of ether oxygens (including phenoxy) is 5. The number of hydrogen-bond acceptors (Lipinski definition) is 14. The highest BCUT2D eigenvalue weighted by Crippen LogP contribution is 2.37. The molecule has 0 unspecified atom stereocenters. The van der Waals surface area contributed by atoms with Crippen LogP contribution in [0.2, 0.25) is 0 Å². The molecule has 1 saturated heterocycles. The summed E-state index contributed by atoms with van der Waals surface area (Å²) in [4.78, 5) is 55.6. The second kappa shape index (κ2) is 16.6. The van der Waals surface area contributed by atoms with E-state index in [0.717, 1.165) is 11.1 Å². The van der Waals surface area contributed by atoms with Crippen molar-refractivity contribution in [1.82, 2.24) is 9.88 Å². The van der Waals surface area contributed by atoms with Crippen LogP contribution >= 0.6 is 32.9 Å². The average molecular weight is 721 g/mol. The van der Waals surface area contributed by atoms with Gasteiger partial charge in [-0.3, -0.25) is 19.2 Å². The van der Waals surface area contributed by atoms with E-state index in [1.54, 1.807) is 27.8 Å². The molecule has 0 bridgehead atoms. The number of aliphatic hydroxyl groups is 1. The first-order chi connectivity index (χ1) is 23.1. The second-order valence-electron chi connectivity index (χ2n) is 11.1. The van der Waals surface area contributed by atoms with Crippen molar-refractivity contribution in [3.8, 4) is 23.1 Å². The Morgan fingerprint density at radius 1 is 0.875 bits per heavy atom. The number of carbonyl (C=O) groups is 4. The predicted octanol–water partition coefficient (Wildman–Crippen LogP) is 4.50. The number of carboxylic acid groups (broad SMARTS) is 1. The maximum atomic E-state index is 12.9. The highest BCUT2D eigenvalue weighted by Gasteiger charge is 2.28. The lowest BCUT2D eigenvalue weighted by Gasteiger charge is -2.26. The molecule has 258 valence electrons. The molecule has 0 aliphatic carbocycles. The molecule has 2 N–H and O–H groups in total. The molecule has 1 aromatic carbocycles. The van der Waals surface area contributed by atoms with Gasteiger partial charge in [-0.05, 0) is 35.4 Å². The highest BCUT2D eigenvalue weighted by atomic mass is 33.1. The van der Waals surface area contributed by atoms with E-state index in [9.17, 15) is 24.3 Å². The largest absolute Gasteiger partial charge is 0.493 e. The van der Waals surface area contributed by atoms with Crippen LogP contribution in [0.5, 0.6) is 23.1 Å². The van der Waals surface area contributed by atoms with Crippen molar-refractivity contribution >= 4 is 66.8 Å². The number of carboxylic acids is 1. The topological polar surface area (TPSA) is 171 Å². The molecule has 16 heteroatoms. The molecule has 48 heavy (non-hydrogen) atoms. The van der Waals surface area contributed by atoms with Gasteiger partial charge in [-0.2, -0.15) is 4.98 Å². The van der Waals surface area contributed by atoms with Crippen molar-refractivity contribution in [3.05, 3.63) is 40.3 Å². The van der Waals surface area contributed by atoms with Crippen molar-refractivity contribution in [2.24, 2.45) is 0 Å². The molecule has 2 aromatic heterocycles. The molecule has 0 saturated carbocycles. The number of aromatic nitrogens is 1. The number of hydrogen-bond donors (Lipinski definition) is 2. The lowest BCUT2D eigenvalue weighted by atomic mass is 10.1. The van der Waals surface area contributed by atoms with E-state index in [1.165, 1.54) is 36.4 Å². The van der Waals surface area contributed by atoms with Gasteiger partial charge in [0.05, 0.1) is 45.2 Å². The third kappa shape index (κ3) is 9.03. The van der Waals surface area contributed by atoms with E-state index < -0.39 is 24.1 Å². The van der Waals surface area contributed by atoms with E-state index in [1.807, 2.05) is 12.1 Å². The molecule has 3 aromatic rings. The summed E-state index contributed by atoms with van der Waals surface area (Å²) in [6.07, 6.45) is -1.12. The minimum atomic E-state index is -1.01. The molecule has 1 amide bonds. The third-order valence-electron chi connectivity index (χ3n) is 7.66. The zero-order chi connectivity index (χ0) is 34.2. The summed E-state index contributed by atoms with van der Waals surface area (Å²) in [5, 5.41) is 19.6. The fourth-order valence-corrected chi connectivity index (χ4v) is 8.43. The molecule has 5 rings (SSSR count). The van der Waals surface area contributed by atoms with Crippen LogP contribution in [-0.2, 0) is 32.2 Å². The Labute approximate surface area is 288 Å². The van der Waals surface area contributed by atoms with Crippen LogP contribution in [0.25, 0.3) is 10.2 Å². The Morgan fingerprint density at radius 3 is 2.29 bits per heavy atom. The van der Waals surface area contributed by atoms with Crippen molar-refractivity contribution in [3.63, 3.8) is 0 Å². The highest BCUT2D eigenvalue weighted by molar-refractivity contribution is 8.76. The molecule has 1 fully saturated rings. The monoisotopic (exact) mass is 720 g/mol. The zero-order valence-corrected chi connectivity index (χ0v) is 28.9. The number of thiophene rings is 1. The SMILES string of the molecule is COc1cc2c(cc1OCCCOc1nc3sc(C(=O)CCC(=O)O[C@H]4CSSC[C@@H]4O)cc3cc1OC)CN(C(=O)CCC(=O)O)C2. The van der Waals surface area contributed by atoms with Gasteiger partial charge >= 0.3 is 11.9 Å². The summed E-state index contributed by atoms with van der Waals surface area (Å²) >= 11 is 1.20. The Morgan fingerprint density at radius 2 is 1.58 bits per heavy atom. The van der Waals surface area contributed by atoms with Crippen LogP contribution in [0.15, 0.2) is 24.3 Å². The smallest absolute Gasteiger partial charge is 0.306 e. The number of nitrogens with zero attached hydrogens (tertiary/aromatic N) is 2. The summed E-state index contributed by atoms with van der Waals surface area (Å²) in [5.41, 5.74) is 1.84. The summed E-state index contributed by atoms with van der Waals surface area (Å²) in [6, 6.07) is 7.15. The van der Waals surface area contributed by atoms with Gasteiger partial charge in [0.15, 0.2) is 23.0 Å². The van der Waals surface area contributed by atoms with Gasteiger partial charge in [0.2, 0.25) is 5.91 Å². The van der Waals surface area contributed by atoms with Crippen LogP contribution in [0, 0.1) is 0 Å². The van der Waals surface area contributed by atoms with E-state index >= 15 is 0 Å². The van der Waals surface area contributed by atoms with Crippen molar-refractivity contribution < 1.29 is 53.1 Å². The normalized spacial score (nSPS) is 17.1. The van der Waals surface area contributed by atoms with Crippen LogP contribution in [0.3, 0.4) is 0 Å². The number of carbonyl (C=O) groups excluding carboxylic acids is 3. The van der Waals surface area contributed by atoms with Gasteiger partial charge in [0.25, 0.3) is 5.88 Å². The quantitative estimate of drug-likeness (QED) is 0.0917. The number of esters is 1. The lowest BCUT2D eigenvalue weighted by molar-refractivity contribution is -0.152. The zero-order valence-electron chi connectivity index (χ0n) is 26.4. The predicted molar refractivity (Wildman–Crippen MR) is 180 cm³/mol. The van der Waals surface area contributed by atoms with Crippen LogP contribution in [-0.4, -0.2) is 94.9 Å². The number of rotatable bonds is 16. The third-order valence-corrected chi connectivity index (χ3v) is 11.2. The molecular weight excluding hydrogens is 685 g/mol. The van der Waals surface area contributed by atoms with Gasteiger partial charge in [0.1, 0.15) is 17.0 Å². The summed E-state index contributed by atoms with van der Waals surface area (Å²) in [7, 11) is 6.12. The summed E-state index contributed by atoms with van der Waals surface area (Å²) in [5.74, 6) is 0.817. The number of benzene rings is 1. The van der Waals surface area contributed by atoms with E-state index in [-0.39, 0.29) is 49.9 Å². The number of amides is 1. The maximum Gasteiger partial charge on any atom is 0.306 e. The number of pyridine rings is 1. The molecule has 2 aliphatic rings. The minimum Gasteiger partial charge on any atom is -0.493 e. The number of aliphatic hydroxyl groups excluding tert-OH is 1. The molecule has 13 nitrogen and oxygen atoms in total. The van der Waals surface area contributed by atoms with Crippen molar-refractivity contribution in [2.45, 2.75) is 57.4 Å². The van der Waals surface area contributed by atoms with Gasteiger partial charge in [-0.15, -0.1) is 11.3 Å². The van der Waals surface area contributed by atoms with Crippen molar-refractivity contribution in [2.75, 3.05) is 38.9 Å².